The summed E-state index contributed by atoms with van der Waals surface area (Å²) in [4.78, 5) is 13.4. The van der Waals surface area contributed by atoms with Gasteiger partial charge < -0.3 is 9.80 Å². The minimum Gasteiger partial charge on any atom is -0.355 e. The number of anilines is 1. The Labute approximate surface area is 162 Å². The molecular formula is C19H31N5O2S. The lowest BCUT2D eigenvalue weighted by molar-refractivity contribution is 0.0620. The first-order chi connectivity index (χ1) is 12.9. The molecule has 3 heterocycles. The van der Waals surface area contributed by atoms with Crippen molar-refractivity contribution in [2.45, 2.75) is 44.6 Å². The summed E-state index contributed by atoms with van der Waals surface area (Å²) in [5.74, 6) is 1.77. The van der Waals surface area contributed by atoms with Crippen LogP contribution in [0.4, 0.5) is 5.82 Å². The smallest absolute Gasteiger partial charge is 0.208 e. The van der Waals surface area contributed by atoms with E-state index in [1.807, 2.05) is 12.3 Å². The first-order valence-electron chi connectivity index (χ1n) is 10.1. The zero-order valence-electron chi connectivity index (χ0n) is 16.2. The van der Waals surface area contributed by atoms with Gasteiger partial charge >= 0.3 is 0 Å². The van der Waals surface area contributed by atoms with E-state index < -0.39 is 10.0 Å². The van der Waals surface area contributed by atoms with Crippen molar-refractivity contribution in [3.8, 4) is 0 Å². The summed E-state index contributed by atoms with van der Waals surface area (Å²) in [6.45, 7) is 5.82. The number of nitrogens with one attached hydrogen (secondary N) is 1. The molecule has 2 aliphatic heterocycles. The highest BCUT2D eigenvalue weighted by molar-refractivity contribution is 7.88. The van der Waals surface area contributed by atoms with Crippen LogP contribution < -0.4 is 9.62 Å². The molecule has 0 unspecified atom stereocenters. The Morgan fingerprint density at radius 3 is 2.48 bits per heavy atom. The summed E-state index contributed by atoms with van der Waals surface area (Å²) in [6, 6.07) is 2.14. The van der Waals surface area contributed by atoms with E-state index in [0.717, 1.165) is 50.5 Å². The first-order valence-corrected chi connectivity index (χ1v) is 12.0. The van der Waals surface area contributed by atoms with Crippen molar-refractivity contribution in [1.82, 2.24) is 19.6 Å². The maximum absolute atomic E-state index is 11.4. The monoisotopic (exact) mass is 393 g/mol. The van der Waals surface area contributed by atoms with Gasteiger partial charge in [-0.05, 0) is 63.6 Å². The second-order valence-electron chi connectivity index (χ2n) is 8.83. The molecule has 1 saturated carbocycles. The van der Waals surface area contributed by atoms with Crippen molar-refractivity contribution in [1.29, 1.82) is 0 Å². The molecule has 0 bridgehead atoms. The van der Waals surface area contributed by atoms with Crippen molar-refractivity contribution >= 4 is 15.8 Å². The normalized spacial score (nSPS) is 28.9. The molecule has 0 amide bonds. The van der Waals surface area contributed by atoms with Crippen LogP contribution in [-0.2, 0) is 10.0 Å². The van der Waals surface area contributed by atoms with Gasteiger partial charge in [0, 0.05) is 37.3 Å². The van der Waals surface area contributed by atoms with E-state index in [2.05, 4.69) is 24.5 Å². The Morgan fingerprint density at radius 1 is 1.19 bits per heavy atom. The van der Waals surface area contributed by atoms with Crippen LogP contribution in [0.5, 0.6) is 0 Å². The maximum Gasteiger partial charge on any atom is 0.208 e. The predicted octanol–water partition coefficient (Wildman–Crippen LogP) is 1.49. The summed E-state index contributed by atoms with van der Waals surface area (Å²) in [5.41, 5.74) is 0.485. The molecule has 1 N–H and O–H groups in total. The van der Waals surface area contributed by atoms with Crippen LogP contribution in [0.15, 0.2) is 18.6 Å². The fourth-order valence-electron chi connectivity index (χ4n) is 5.05. The lowest BCUT2D eigenvalue weighted by Crippen LogP contribution is -2.61. The standard InChI is InChI=1S/C19H31N5O2S/c1-27(25,26)22-17-4-2-16(3-5-17)12-23-10-7-19(8-11-23)13-24(14-19)18-6-9-20-15-21-18/h6,9,15-17,22H,2-5,7-8,10-14H2,1H3. The zero-order chi connectivity index (χ0) is 18.9. The van der Waals surface area contributed by atoms with Crippen LogP contribution >= 0.6 is 0 Å². The second-order valence-corrected chi connectivity index (χ2v) is 10.6. The van der Waals surface area contributed by atoms with Crippen molar-refractivity contribution in [2.75, 3.05) is 43.9 Å². The Hall–Kier alpha value is -1.25. The van der Waals surface area contributed by atoms with Gasteiger partial charge in [-0.3, -0.25) is 0 Å². The van der Waals surface area contributed by atoms with Crippen molar-refractivity contribution in [3.63, 3.8) is 0 Å². The topological polar surface area (TPSA) is 78.4 Å². The quantitative estimate of drug-likeness (QED) is 0.817. The molecular weight excluding hydrogens is 362 g/mol. The highest BCUT2D eigenvalue weighted by Gasteiger charge is 2.45. The highest BCUT2D eigenvalue weighted by Crippen LogP contribution is 2.42. The number of hydrogen-bond acceptors (Lipinski definition) is 6. The molecule has 1 aromatic heterocycles. The highest BCUT2D eigenvalue weighted by atomic mass is 32.2. The summed E-state index contributed by atoms with van der Waals surface area (Å²) in [5, 5.41) is 0. The molecule has 1 spiro atoms. The molecule has 150 valence electrons. The van der Waals surface area contributed by atoms with Gasteiger partial charge in [-0.25, -0.2) is 23.1 Å². The minimum atomic E-state index is -3.07. The molecule has 7 nitrogen and oxygen atoms in total. The summed E-state index contributed by atoms with van der Waals surface area (Å²) in [7, 11) is -3.07. The number of nitrogens with zero attached hydrogens (tertiary/aromatic N) is 4. The van der Waals surface area contributed by atoms with Gasteiger partial charge in [0.05, 0.1) is 6.26 Å². The van der Waals surface area contributed by atoms with Gasteiger partial charge in [-0.2, -0.15) is 0 Å². The van der Waals surface area contributed by atoms with Gasteiger partial charge in [0.1, 0.15) is 12.1 Å². The van der Waals surface area contributed by atoms with E-state index in [9.17, 15) is 8.42 Å². The molecule has 0 aromatic carbocycles. The summed E-state index contributed by atoms with van der Waals surface area (Å²) in [6.07, 6.45) is 11.5. The van der Waals surface area contributed by atoms with E-state index in [0.29, 0.717) is 5.41 Å². The van der Waals surface area contributed by atoms with E-state index in [4.69, 9.17) is 0 Å². The van der Waals surface area contributed by atoms with E-state index in [-0.39, 0.29) is 6.04 Å². The van der Waals surface area contributed by atoms with Crippen LogP contribution in [-0.4, -0.2) is 68.3 Å². The third-order valence-electron chi connectivity index (χ3n) is 6.60. The van der Waals surface area contributed by atoms with Gasteiger partial charge in [0.15, 0.2) is 0 Å². The lowest BCUT2D eigenvalue weighted by Gasteiger charge is -2.54. The molecule has 27 heavy (non-hydrogen) atoms. The van der Waals surface area contributed by atoms with E-state index in [1.165, 1.54) is 38.7 Å². The Kier molecular flexibility index (Phi) is 5.40. The van der Waals surface area contributed by atoms with Gasteiger partial charge in [-0.15, -0.1) is 0 Å². The number of rotatable bonds is 5. The summed E-state index contributed by atoms with van der Waals surface area (Å²) < 4.78 is 25.5. The maximum atomic E-state index is 11.4. The van der Waals surface area contributed by atoms with Gasteiger partial charge in [0.25, 0.3) is 0 Å². The summed E-state index contributed by atoms with van der Waals surface area (Å²) >= 11 is 0. The van der Waals surface area contributed by atoms with Crippen LogP contribution in [0.1, 0.15) is 38.5 Å². The van der Waals surface area contributed by atoms with E-state index >= 15 is 0 Å². The fraction of sp³-hybridized carbons (Fsp3) is 0.789. The number of aromatic nitrogens is 2. The second kappa shape index (κ2) is 7.64. The van der Waals surface area contributed by atoms with Gasteiger partial charge in [-0.1, -0.05) is 0 Å². The van der Waals surface area contributed by atoms with Gasteiger partial charge in [0.2, 0.25) is 10.0 Å². The van der Waals surface area contributed by atoms with E-state index in [1.54, 1.807) is 6.33 Å². The number of hydrogen-bond donors (Lipinski definition) is 1. The Bertz CT molecular complexity index is 718. The van der Waals surface area contributed by atoms with Crippen LogP contribution in [0.3, 0.4) is 0 Å². The molecule has 1 aromatic rings. The average molecular weight is 394 g/mol. The number of sulfonamides is 1. The number of likely N-dealkylation sites (tertiary alicyclic amines) is 1. The zero-order valence-corrected chi connectivity index (χ0v) is 17.0. The lowest BCUT2D eigenvalue weighted by atomic mass is 9.71. The van der Waals surface area contributed by atoms with Crippen LogP contribution in [0.25, 0.3) is 0 Å². The van der Waals surface area contributed by atoms with Crippen molar-refractivity contribution in [3.05, 3.63) is 18.6 Å². The van der Waals surface area contributed by atoms with Crippen molar-refractivity contribution < 1.29 is 8.42 Å². The molecule has 3 aliphatic rings. The Balaban J connectivity index is 1.18. The molecule has 0 radical (unpaired) electrons. The first kappa shape index (κ1) is 19.1. The molecule has 3 fully saturated rings. The van der Waals surface area contributed by atoms with Crippen LogP contribution in [0.2, 0.25) is 0 Å². The average Bonchev–Trinajstić information content (AvgIpc) is 2.62. The third-order valence-corrected chi connectivity index (χ3v) is 7.36. The molecule has 2 saturated heterocycles. The minimum absolute atomic E-state index is 0.142. The third kappa shape index (κ3) is 4.78. The molecule has 4 rings (SSSR count). The largest absolute Gasteiger partial charge is 0.355 e. The fourth-order valence-corrected chi connectivity index (χ4v) is 5.89. The molecule has 1 aliphatic carbocycles. The van der Waals surface area contributed by atoms with Crippen molar-refractivity contribution in [2.24, 2.45) is 11.3 Å². The SMILES string of the molecule is CS(=O)(=O)NC1CCC(CN2CCC3(CC2)CN(c2ccncn2)C3)CC1. The predicted molar refractivity (Wildman–Crippen MR) is 106 cm³/mol. The number of piperidine rings is 1. The Morgan fingerprint density at radius 2 is 1.89 bits per heavy atom. The molecule has 8 heteroatoms. The molecule has 0 atom stereocenters. The van der Waals surface area contributed by atoms with Crippen LogP contribution in [0, 0.1) is 11.3 Å².